The number of carbonyl (C=O) groups excluding carboxylic acids is 1. The van der Waals surface area contributed by atoms with Crippen molar-refractivity contribution in [3.63, 3.8) is 0 Å². The zero-order chi connectivity index (χ0) is 23.9. The Bertz CT molecular complexity index is 976. The van der Waals surface area contributed by atoms with E-state index >= 15 is 0 Å². The molecule has 0 bridgehead atoms. The van der Waals surface area contributed by atoms with E-state index in [-0.39, 0.29) is 17.4 Å². The number of benzene rings is 2. The fraction of sp³-hybridized carbons (Fsp3) is 0.409. The highest BCUT2D eigenvalue weighted by Gasteiger charge is 2.37. The maximum atomic E-state index is 13.0. The summed E-state index contributed by atoms with van der Waals surface area (Å²) in [6.45, 7) is 5.14. The summed E-state index contributed by atoms with van der Waals surface area (Å²) in [5.74, 6) is 0.265. The number of anilines is 1. The number of rotatable bonds is 3. The van der Waals surface area contributed by atoms with Gasteiger partial charge in [0.15, 0.2) is 0 Å². The third-order valence-corrected chi connectivity index (χ3v) is 4.61. The minimum atomic E-state index is -4.92. The normalized spacial score (nSPS) is 14.3. The number of fused-ring (bicyclic) bond motifs is 1. The molecule has 0 aliphatic carbocycles. The first-order chi connectivity index (χ1) is 14.6. The molecule has 2 aromatic carbocycles. The minimum absolute atomic E-state index is 0.0736. The van der Waals surface area contributed by atoms with E-state index in [0.29, 0.717) is 30.8 Å². The maximum absolute atomic E-state index is 13.0. The number of nitrogens with zero attached hydrogens (tertiary/aromatic N) is 1. The van der Waals surface area contributed by atoms with Gasteiger partial charge >= 0.3 is 18.4 Å². The van der Waals surface area contributed by atoms with Crippen LogP contribution in [0.5, 0.6) is 5.75 Å². The van der Waals surface area contributed by atoms with Crippen LogP contribution in [0.2, 0.25) is 0 Å². The quantitative estimate of drug-likeness (QED) is 0.484. The van der Waals surface area contributed by atoms with Crippen LogP contribution < -0.4 is 9.64 Å². The van der Waals surface area contributed by atoms with E-state index in [9.17, 15) is 31.1 Å². The van der Waals surface area contributed by atoms with E-state index < -0.39 is 41.8 Å². The van der Waals surface area contributed by atoms with Crippen molar-refractivity contribution in [2.75, 3.05) is 11.4 Å². The van der Waals surface area contributed by atoms with Gasteiger partial charge in [0.2, 0.25) is 0 Å². The summed E-state index contributed by atoms with van der Waals surface area (Å²) in [6.07, 6.45) is -9.84. The van der Waals surface area contributed by atoms with Gasteiger partial charge in [-0.15, -0.1) is 0 Å². The molecule has 1 aliphatic heterocycles. The van der Waals surface area contributed by atoms with Gasteiger partial charge in [-0.3, -0.25) is 4.90 Å². The minimum Gasteiger partial charge on any atom is -0.489 e. The van der Waals surface area contributed by atoms with E-state index in [4.69, 9.17) is 9.47 Å². The Morgan fingerprint density at radius 3 is 2.06 bits per heavy atom. The fourth-order valence-corrected chi connectivity index (χ4v) is 3.24. The first-order valence-corrected chi connectivity index (χ1v) is 9.68. The molecule has 0 atom stereocenters. The lowest BCUT2D eigenvalue weighted by molar-refractivity contribution is -0.143. The molecule has 0 saturated heterocycles. The highest BCUT2D eigenvalue weighted by Crippen LogP contribution is 2.37. The van der Waals surface area contributed by atoms with Gasteiger partial charge in [-0.1, -0.05) is 0 Å². The SMILES string of the molecule is CC(C)(C)OC(=O)N1CCc2cc(OCc3cc(C(F)(F)F)cc(C(F)(F)F)c3)ccc21. The van der Waals surface area contributed by atoms with Gasteiger partial charge in [0.1, 0.15) is 18.0 Å². The lowest BCUT2D eigenvalue weighted by Gasteiger charge is -2.24. The molecule has 0 aromatic heterocycles. The Balaban J connectivity index is 1.77. The Labute approximate surface area is 180 Å². The predicted molar refractivity (Wildman–Crippen MR) is 105 cm³/mol. The first-order valence-electron chi connectivity index (χ1n) is 9.68. The maximum Gasteiger partial charge on any atom is 0.416 e. The second kappa shape index (κ2) is 8.22. The molecule has 0 spiro atoms. The van der Waals surface area contributed by atoms with Crippen LogP contribution in [0.1, 0.15) is 43.0 Å². The molecule has 0 saturated carbocycles. The number of hydrogen-bond donors (Lipinski definition) is 0. The van der Waals surface area contributed by atoms with Gasteiger partial charge in [-0.25, -0.2) is 4.79 Å². The molecule has 0 unspecified atom stereocenters. The largest absolute Gasteiger partial charge is 0.489 e. The van der Waals surface area contributed by atoms with Gasteiger partial charge in [-0.05, 0) is 74.7 Å². The van der Waals surface area contributed by atoms with E-state index in [2.05, 4.69) is 0 Å². The predicted octanol–water partition coefficient (Wildman–Crippen LogP) is 6.60. The summed E-state index contributed by atoms with van der Waals surface area (Å²) in [6, 6.07) is 6.05. The number of ether oxygens (including phenoxy) is 2. The zero-order valence-corrected chi connectivity index (χ0v) is 17.5. The van der Waals surface area contributed by atoms with Crippen molar-refractivity contribution in [1.29, 1.82) is 0 Å². The van der Waals surface area contributed by atoms with E-state index in [1.165, 1.54) is 11.0 Å². The number of amides is 1. The Morgan fingerprint density at radius 1 is 0.938 bits per heavy atom. The van der Waals surface area contributed by atoms with E-state index in [1.807, 2.05) is 0 Å². The van der Waals surface area contributed by atoms with Crippen molar-refractivity contribution >= 4 is 11.8 Å². The van der Waals surface area contributed by atoms with Crippen LogP contribution in [0, 0.1) is 0 Å². The van der Waals surface area contributed by atoms with Crippen LogP contribution in [0.3, 0.4) is 0 Å². The van der Waals surface area contributed by atoms with Crippen molar-refractivity contribution in [2.45, 2.75) is 51.8 Å². The Kier molecular flexibility index (Phi) is 6.10. The zero-order valence-electron chi connectivity index (χ0n) is 17.5. The molecule has 32 heavy (non-hydrogen) atoms. The molecule has 1 amide bonds. The van der Waals surface area contributed by atoms with Gasteiger partial charge in [0.05, 0.1) is 16.8 Å². The summed E-state index contributed by atoms with van der Waals surface area (Å²) >= 11 is 0. The second-order valence-corrected chi connectivity index (χ2v) is 8.38. The smallest absolute Gasteiger partial charge is 0.416 e. The lowest BCUT2D eigenvalue weighted by Crippen LogP contribution is -2.35. The molecular formula is C22H21F6NO3. The molecule has 1 aliphatic rings. The molecule has 2 aromatic rings. The third-order valence-electron chi connectivity index (χ3n) is 4.61. The standard InChI is InChI=1S/C22H21F6NO3/c1-20(2,3)32-19(30)29-7-6-14-10-17(4-5-18(14)29)31-12-13-8-15(21(23,24)25)11-16(9-13)22(26,27)28/h4-5,8-11H,6-7,12H2,1-3H3. The molecule has 0 fully saturated rings. The lowest BCUT2D eigenvalue weighted by atomic mass is 10.1. The van der Waals surface area contributed by atoms with E-state index in [0.717, 1.165) is 5.56 Å². The summed E-state index contributed by atoms with van der Waals surface area (Å²) in [4.78, 5) is 13.8. The Hall–Kier alpha value is -2.91. The molecule has 4 nitrogen and oxygen atoms in total. The summed E-state index contributed by atoms with van der Waals surface area (Å²) in [7, 11) is 0. The van der Waals surface area contributed by atoms with Crippen LogP contribution >= 0.6 is 0 Å². The van der Waals surface area contributed by atoms with Crippen molar-refractivity contribution in [2.24, 2.45) is 0 Å². The molecule has 1 heterocycles. The van der Waals surface area contributed by atoms with Crippen molar-refractivity contribution in [3.8, 4) is 5.75 Å². The van der Waals surface area contributed by atoms with Crippen LogP contribution in [-0.4, -0.2) is 18.2 Å². The van der Waals surface area contributed by atoms with Gasteiger partial charge in [0.25, 0.3) is 0 Å². The summed E-state index contributed by atoms with van der Waals surface area (Å²) in [5.41, 5.74) is -2.34. The highest BCUT2D eigenvalue weighted by molar-refractivity contribution is 5.90. The van der Waals surface area contributed by atoms with Gasteiger partial charge < -0.3 is 9.47 Å². The molecule has 3 rings (SSSR count). The number of halogens is 6. The molecule has 0 radical (unpaired) electrons. The van der Waals surface area contributed by atoms with Crippen molar-refractivity contribution < 1.29 is 40.6 Å². The van der Waals surface area contributed by atoms with E-state index in [1.54, 1.807) is 32.9 Å². The average molecular weight is 461 g/mol. The summed E-state index contributed by atoms with van der Waals surface area (Å²) < 4.78 is 88.8. The van der Waals surface area contributed by atoms with Gasteiger partial charge in [0, 0.05) is 6.54 Å². The van der Waals surface area contributed by atoms with Crippen LogP contribution in [0.15, 0.2) is 36.4 Å². The molecule has 174 valence electrons. The van der Waals surface area contributed by atoms with Crippen LogP contribution in [0.4, 0.5) is 36.8 Å². The first kappa shape index (κ1) is 23.7. The Morgan fingerprint density at radius 2 is 1.53 bits per heavy atom. The van der Waals surface area contributed by atoms with Crippen molar-refractivity contribution in [3.05, 3.63) is 58.7 Å². The highest BCUT2D eigenvalue weighted by atomic mass is 19.4. The molecule has 10 heteroatoms. The monoisotopic (exact) mass is 461 g/mol. The number of alkyl halides is 6. The fourth-order valence-electron chi connectivity index (χ4n) is 3.24. The molecule has 0 N–H and O–H groups in total. The van der Waals surface area contributed by atoms with Gasteiger partial charge in [-0.2, -0.15) is 26.3 Å². The molecular weight excluding hydrogens is 440 g/mol. The number of carbonyl (C=O) groups is 1. The number of hydrogen-bond acceptors (Lipinski definition) is 3. The summed E-state index contributed by atoms with van der Waals surface area (Å²) in [5, 5.41) is 0. The van der Waals surface area contributed by atoms with Crippen LogP contribution in [0.25, 0.3) is 0 Å². The topological polar surface area (TPSA) is 38.8 Å². The average Bonchev–Trinajstić information content (AvgIpc) is 3.07. The third kappa shape index (κ3) is 5.66. The second-order valence-electron chi connectivity index (χ2n) is 8.38. The van der Waals surface area contributed by atoms with Crippen molar-refractivity contribution in [1.82, 2.24) is 0 Å². The van der Waals surface area contributed by atoms with Crippen LogP contribution in [-0.2, 0) is 30.1 Å².